The Morgan fingerprint density at radius 2 is 1.68 bits per heavy atom. The van der Waals surface area contributed by atoms with Crippen molar-refractivity contribution in [1.29, 1.82) is 0 Å². The Morgan fingerprint density at radius 1 is 1.05 bits per heavy atom. The fraction of sp³-hybridized carbons (Fsp3) is 0.250. The molecule has 1 nitrogen and oxygen atoms in total. The summed E-state index contributed by atoms with van der Waals surface area (Å²) in [5.74, 6) is 0.943. The van der Waals surface area contributed by atoms with E-state index in [4.69, 9.17) is 17.3 Å². The van der Waals surface area contributed by atoms with Gasteiger partial charge in [-0.2, -0.15) is 0 Å². The summed E-state index contributed by atoms with van der Waals surface area (Å²) in [6, 6.07) is 18.4. The Morgan fingerprint density at radius 3 is 2.32 bits per heavy atom. The average molecular weight is 292 g/mol. The van der Waals surface area contributed by atoms with Crippen LogP contribution in [0.2, 0.25) is 5.02 Å². The zero-order valence-corrected chi connectivity index (χ0v) is 12.5. The Labute approximate surface area is 124 Å². The molecule has 19 heavy (non-hydrogen) atoms. The Kier molecular flexibility index (Phi) is 5.32. The van der Waals surface area contributed by atoms with Crippen LogP contribution in [0, 0.1) is 0 Å². The van der Waals surface area contributed by atoms with Crippen molar-refractivity contribution >= 4 is 23.4 Å². The van der Waals surface area contributed by atoms with Gasteiger partial charge in [0.1, 0.15) is 0 Å². The third-order valence-corrected chi connectivity index (χ3v) is 4.85. The van der Waals surface area contributed by atoms with Gasteiger partial charge in [0.15, 0.2) is 0 Å². The molecule has 0 saturated heterocycles. The summed E-state index contributed by atoms with van der Waals surface area (Å²) in [7, 11) is 0. The first-order valence-electron chi connectivity index (χ1n) is 6.34. The van der Waals surface area contributed by atoms with Crippen molar-refractivity contribution in [3.8, 4) is 0 Å². The molecule has 0 aliphatic carbocycles. The molecule has 2 rings (SSSR count). The lowest BCUT2D eigenvalue weighted by Crippen LogP contribution is -2.23. The minimum absolute atomic E-state index is 0.0635. The maximum absolute atomic E-state index is 6.28. The molecular formula is C16H18ClNS. The van der Waals surface area contributed by atoms with Crippen molar-refractivity contribution in [2.75, 3.05) is 0 Å². The summed E-state index contributed by atoms with van der Waals surface area (Å²) in [5.41, 5.74) is 8.56. The highest BCUT2D eigenvalue weighted by Crippen LogP contribution is 2.37. The molecule has 0 fully saturated rings. The van der Waals surface area contributed by atoms with Gasteiger partial charge in [0.25, 0.3) is 0 Å². The van der Waals surface area contributed by atoms with Crippen molar-refractivity contribution in [3.05, 3.63) is 70.7 Å². The summed E-state index contributed by atoms with van der Waals surface area (Å²) >= 11 is 8.12. The third-order valence-electron chi connectivity index (χ3n) is 2.96. The minimum atomic E-state index is 0.0635. The monoisotopic (exact) mass is 291 g/mol. The molecule has 0 aromatic heterocycles. The molecule has 0 spiro atoms. The van der Waals surface area contributed by atoms with Crippen LogP contribution in [0.4, 0.5) is 0 Å². The number of hydrogen-bond acceptors (Lipinski definition) is 2. The summed E-state index contributed by atoms with van der Waals surface area (Å²) in [6.45, 7) is 2.03. The first-order valence-corrected chi connectivity index (χ1v) is 7.76. The van der Waals surface area contributed by atoms with E-state index < -0.39 is 0 Å². The van der Waals surface area contributed by atoms with E-state index in [0.717, 1.165) is 16.3 Å². The zero-order valence-electron chi connectivity index (χ0n) is 10.9. The standard InChI is InChI=1S/C16H18ClNS/c1-12(18)16(14-9-5-6-10-15(14)17)19-11-13-7-3-2-4-8-13/h2-10,12,16H,11,18H2,1H3. The van der Waals surface area contributed by atoms with Gasteiger partial charge in [0.05, 0.1) is 0 Å². The van der Waals surface area contributed by atoms with Crippen LogP contribution in [0.25, 0.3) is 0 Å². The average Bonchev–Trinajstić information content (AvgIpc) is 2.42. The molecule has 2 aromatic rings. The van der Waals surface area contributed by atoms with Crippen molar-refractivity contribution in [1.82, 2.24) is 0 Å². The number of nitrogens with two attached hydrogens (primary N) is 1. The lowest BCUT2D eigenvalue weighted by atomic mass is 10.1. The normalized spacial score (nSPS) is 14.1. The van der Waals surface area contributed by atoms with E-state index in [9.17, 15) is 0 Å². The fourth-order valence-electron chi connectivity index (χ4n) is 1.99. The smallest absolute Gasteiger partial charge is 0.0463 e. The minimum Gasteiger partial charge on any atom is -0.327 e. The van der Waals surface area contributed by atoms with Gasteiger partial charge >= 0.3 is 0 Å². The summed E-state index contributed by atoms with van der Waals surface area (Å²) in [4.78, 5) is 0. The molecule has 100 valence electrons. The SMILES string of the molecule is CC(N)C(SCc1ccccc1)c1ccccc1Cl. The highest BCUT2D eigenvalue weighted by Gasteiger charge is 2.19. The van der Waals surface area contributed by atoms with Gasteiger partial charge < -0.3 is 5.73 Å². The molecule has 2 N–H and O–H groups in total. The Bertz CT molecular complexity index is 513. The fourth-order valence-corrected chi connectivity index (χ4v) is 3.56. The van der Waals surface area contributed by atoms with Crippen LogP contribution >= 0.6 is 23.4 Å². The predicted molar refractivity (Wildman–Crippen MR) is 85.6 cm³/mol. The number of halogens is 1. The van der Waals surface area contributed by atoms with Crippen molar-refractivity contribution in [3.63, 3.8) is 0 Å². The molecule has 2 unspecified atom stereocenters. The van der Waals surface area contributed by atoms with Crippen LogP contribution < -0.4 is 5.73 Å². The number of thioether (sulfide) groups is 1. The van der Waals surface area contributed by atoms with Gasteiger partial charge in [0.2, 0.25) is 0 Å². The molecule has 0 saturated carbocycles. The predicted octanol–water partition coefficient (Wildman–Crippen LogP) is 4.66. The van der Waals surface area contributed by atoms with E-state index in [1.54, 1.807) is 0 Å². The van der Waals surface area contributed by atoms with E-state index in [2.05, 4.69) is 30.3 Å². The van der Waals surface area contributed by atoms with E-state index in [-0.39, 0.29) is 11.3 Å². The number of hydrogen-bond donors (Lipinski definition) is 1. The van der Waals surface area contributed by atoms with Crippen molar-refractivity contribution < 1.29 is 0 Å². The summed E-state index contributed by atoms with van der Waals surface area (Å²) in [5, 5.41) is 1.01. The van der Waals surface area contributed by atoms with Gasteiger partial charge in [-0.15, -0.1) is 11.8 Å². The maximum atomic E-state index is 6.28. The molecule has 0 radical (unpaired) electrons. The summed E-state index contributed by atoms with van der Waals surface area (Å²) in [6.07, 6.45) is 0. The molecule has 0 aliphatic heterocycles. The van der Waals surface area contributed by atoms with Gasteiger partial charge in [-0.3, -0.25) is 0 Å². The quantitative estimate of drug-likeness (QED) is 0.867. The van der Waals surface area contributed by atoms with Gasteiger partial charge in [-0.25, -0.2) is 0 Å². The van der Waals surface area contributed by atoms with Gasteiger partial charge in [-0.05, 0) is 24.1 Å². The second-order valence-electron chi connectivity index (χ2n) is 4.60. The highest BCUT2D eigenvalue weighted by molar-refractivity contribution is 7.98. The van der Waals surface area contributed by atoms with Crippen LogP contribution in [-0.2, 0) is 5.75 Å². The van der Waals surface area contributed by atoms with Gasteiger partial charge in [0, 0.05) is 22.1 Å². The highest BCUT2D eigenvalue weighted by atomic mass is 35.5. The first-order chi connectivity index (χ1) is 9.18. The third kappa shape index (κ3) is 4.00. The molecule has 0 bridgehead atoms. The second-order valence-corrected chi connectivity index (χ2v) is 6.13. The molecule has 0 heterocycles. The molecule has 0 amide bonds. The topological polar surface area (TPSA) is 26.0 Å². The summed E-state index contributed by atoms with van der Waals surface area (Å²) < 4.78 is 0. The molecule has 2 atom stereocenters. The lowest BCUT2D eigenvalue weighted by molar-refractivity contribution is 0.721. The van der Waals surface area contributed by atoms with Crippen LogP contribution in [-0.4, -0.2) is 6.04 Å². The van der Waals surface area contributed by atoms with E-state index in [1.165, 1.54) is 5.56 Å². The van der Waals surface area contributed by atoms with Crippen LogP contribution in [0.5, 0.6) is 0 Å². The lowest BCUT2D eigenvalue weighted by Gasteiger charge is -2.22. The van der Waals surface area contributed by atoms with Crippen LogP contribution in [0.15, 0.2) is 54.6 Å². The number of benzene rings is 2. The van der Waals surface area contributed by atoms with Crippen LogP contribution in [0.1, 0.15) is 23.3 Å². The van der Waals surface area contributed by atoms with E-state index >= 15 is 0 Å². The Balaban J connectivity index is 2.12. The van der Waals surface area contributed by atoms with E-state index in [1.807, 2.05) is 43.0 Å². The van der Waals surface area contributed by atoms with E-state index in [0.29, 0.717) is 0 Å². The second kappa shape index (κ2) is 6.99. The molecule has 0 aliphatic rings. The number of rotatable bonds is 5. The van der Waals surface area contributed by atoms with Crippen LogP contribution in [0.3, 0.4) is 0 Å². The Hall–Kier alpha value is -0.960. The molecule has 2 aromatic carbocycles. The first kappa shape index (κ1) is 14.4. The maximum Gasteiger partial charge on any atom is 0.0463 e. The largest absolute Gasteiger partial charge is 0.327 e. The molecular weight excluding hydrogens is 274 g/mol. The van der Waals surface area contributed by atoms with Gasteiger partial charge in [-0.1, -0.05) is 60.1 Å². The van der Waals surface area contributed by atoms with Crippen molar-refractivity contribution in [2.24, 2.45) is 5.73 Å². The zero-order chi connectivity index (χ0) is 13.7. The van der Waals surface area contributed by atoms with Crippen molar-refractivity contribution in [2.45, 2.75) is 24.0 Å². The molecule has 3 heteroatoms.